The van der Waals surface area contributed by atoms with Crippen molar-refractivity contribution in [1.29, 1.82) is 0 Å². The van der Waals surface area contributed by atoms with Crippen LogP contribution in [-0.2, 0) is 22.6 Å². The van der Waals surface area contributed by atoms with Gasteiger partial charge in [0.05, 0.1) is 6.61 Å². The third-order valence-electron chi connectivity index (χ3n) is 3.41. The molecule has 0 aliphatic rings. The summed E-state index contributed by atoms with van der Waals surface area (Å²) < 4.78 is 6.90. The largest absolute Gasteiger partial charge is 0.383 e. The lowest BCUT2D eigenvalue weighted by Gasteiger charge is -2.08. The molecule has 1 heterocycles. The number of hydrogen-bond acceptors (Lipinski definition) is 3. The first kappa shape index (κ1) is 15.5. The molecular weight excluding hydrogens is 266 g/mol. The van der Waals surface area contributed by atoms with Gasteiger partial charge in [-0.25, -0.2) is 0 Å². The maximum atomic E-state index is 11.9. The van der Waals surface area contributed by atoms with Gasteiger partial charge in [-0.05, 0) is 24.2 Å². The van der Waals surface area contributed by atoms with Crippen molar-refractivity contribution in [3.05, 3.63) is 36.0 Å². The van der Waals surface area contributed by atoms with Crippen molar-refractivity contribution in [2.75, 3.05) is 26.8 Å². The minimum Gasteiger partial charge on any atom is -0.383 e. The highest BCUT2D eigenvalue weighted by Crippen LogP contribution is 2.20. The van der Waals surface area contributed by atoms with E-state index in [4.69, 9.17) is 4.74 Å². The van der Waals surface area contributed by atoms with Crippen LogP contribution in [0.3, 0.4) is 0 Å². The van der Waals surface area contributed by atoms with E-state index in [1.165, 1.54) is 10.9 Å². The van der Waals surface area contributed by atoms with Crippen LogP contribution >= 0.6 is 0 Å². The van der Waals surface area contributed by atoms with E-state index in [0.717, 1.165) is 18.6 Å². The van der Waals surface area contributed by atoms with Gasteiger partial charge in [0, 0.05) is 37.3 Å². The van der Waals surface area contributed by atoms with Crippen LogP contribution < -0.4 is 10.6 Å². The van der Waals surface area contributed by atoms with Crippen LogP contribution in [0.2, 0.25) is 0 Å². The summed E-state index contributed by atoms with van der Waals surface area (Å²) in [5.41, 5.74) is 2.35. The molecule has 0 bridgehead atoms. The van der Waals surface area contributed by atoms with E-state index in [9.17, 15) is 4.79 Å². The van der Waals surface area contributed by atoms with E-state index in [0.29, 0.717) is 19.7 Å². The number of hydrogen-bond donors (Lipinski definition) is 2. The van der Waals surface area contributed by atoms with E-state index in [1.54, 1.807) is 7.11 Å². The predicted molar refractivity (Wildman–Crippen MR) is 84.2 cm³/mol. The number of nitrogens with one attached hydrogen (secondary N) is 2. The van der Waals surface area contributed by atoms with Crippen molar-refractivity contribution in [1.82, 2.24) is 15.2 Å². The number of amides is 1. The Morgan fingerprint density at radius 1 is 1.33 bits per heavy atom. The Bertz CT molecular complexity index is 592. The molecule has 0 aliphatic carbocycles. The average molecular weight is 289 g/mol. The smallest absolute Gasteiger partial charge is 0.240 e. The average Bonchev–Trinajstić information content (AvgIpc) is 2.89. The summed E-state index contributed by atoms with van der Waals surface area (Å²) in [5.74, 6) is 0.00152. The predicted octanol–water partition coefficient (Wildman–Crippen LogP) is 1.51. The Kier molecular flexibility index (Phi) is 5.78. The van der Waals surface area contributed by atoms with Gasteiger partial charge in [0.1, 0.15) is 6.54 Å². The van der Waals surface area contributed by atoms with Crippen molar-refractivity contribution >= 4 is 16.8 Å². The molecular formula is C16H23N3O2. The third-order valence-corrected chi connectivity index (χ3v) is 3.41. The lowest BCUT2D eigenvalue weighted by Crippen LogP contribution is -2.30. The van der Waals surface area contributed by atoms with Gasteiger partial charge in [-0.15, -0.1) is 0 Å². The summed E-state index contributed by atoms with van der Waals surface area (Å²) in [7, 11) is 1.62. The van der Waals surface area contributed by atoms with Crippen LogP contribution in [0.4, 0.5) is 0 Å². The number of carbonyl (C=O) groups excluding carboxylic acids is 1. The zero-order chi connectivity index (χ0) is 15.1. The Labute approximate surface area is 125 Å². The monoisotopic (exact) mass is 289 g/mol. The second kappa shape index (κ2) is 7.81. The molecule has 5 heteroatoms. The van der Waals surface area contributed by atoms with Crippen LogP contribution in [-0.4, -0.2) is 37.3 Å². The second-order valence-electron chi connectivity index (χ2n) is 4.92. The molecule has 2 aromatic rings. The van der Waals surface area contributed by atoms with E-state index < -0.39 is 0 Å². The number of rotatable bonds is 8. The maximum absolute atomic E-state index is 11.9. The van der Waals surface area contributed by atoms with Crippen molar-refractivity contribution in [3.63, 3.8) is 0 Å². The summed E-state index contributed by atoms with van der Waals surface area (Å²) >= 11 is 0. The molecule has 0 atom stereocenters. The van der Waals surface area contributed by atoms with E-state index >= 15 is 0 Å². The number of ether oxygens (including phenoxy) is 1. The van der Waals surface area contributed by atoms with Crippen LogP contribution in [0, 0.1) is 0 Å². The number of benzene rings is 1. The highest BCUT2D eigenvalue weighted by Gasteiger charge is 2.08. The summed E-state index contributed by atoms with van der Waals surface area (Å²) in [6, 6.07) is 8.28. The van der Waals surface area contributed by atoms with Gasteiger partial charge in [0.2, 0.25) is 5.91 Å². The van der Waals surface area contributed by atoms with Crippen molar-refractivity contribution in [2.24, 2.45) is 0 Å². The molecule has 0 unspecified atom stereocenters. The Morgan fingerprint density at radius 3 is 2.95 bits per heavy atom. The summed E-state index contributed by atoms with van der Waals surface area (Å²) in [6.07, 6.45) is 1.97. The van der Waals surface area contributed by atoms with Crippen LogP contribution in [0.15, 0.2) is 30.5 Å². The molecule has 0 saturated heterocycles. The van der Waals surface area contributed by atoms with E-state index in [2.05, 4.69) is 29.7 Å². The maximum Gasteiger partial charge on any atom is 0.240 e. The van der Waals surface area contributed by atoms with Gasteiger partial charge >= 0.3 is 0 Å². The van der Waals surface area contributed by atoms with Crippen LogP contribution in [0.25, 0.3) is 10.9 Å². The number of carbonyl (C=O) groups is 1. The fourth-order valence-corrected chi connectivity index (χ4v) is 2.34. The van der Waals surface area contributed by atoms with E-state index in [-0.39, 0.29) is 5.91 Å². The fraction of sp³-hybridized carbons (Fsp3) is 0.438. The second-order valence-corrected chi connectivity index (χ2v) is 4.92. The lowest BCUT2D eigenvalue weighted by atomic mass is 10.1. The zero-order valence-electron chi connectivity index (χ0n) is 12.7. The summed E-state index contributed by atoms with van der Waals surface area (Å²) in [6.45, 7) is 5.29. The minimum absolute atomic E-state index is 0.00152. The number of fused-ring (bicyclic) bond motifs is 1. The van der Waals surface area contributed by atoms with Gasteiger partial charge in [-0.3, -0.25) is 4.79 Å². The SMILES string of the molecule is CCNCc1cccc2c1ccn2CC(=O)NCCOC. The van der Waals surface area contributed by atoms with Gasteiger partial charge in [-0.2, -0.15) is 0 Å². The molecule has 1 amide bonds. The molecule has 0 spiro atoms. The zero-order valence-corrected chi connectivity index (χ0v) is 12.7. The molecule has 2 N–H and O–H groups in total. The lowest BCUT2D eigenvalue weighted by molar-refractivity contribution is -0.121. The first-order chi connectivity index (χ1) is 10.3. The molecule has 0 radical (unpaired) electrons. The van der Waals surface area contributed by atoms with E-state index in [1.807, 2.05) is 22.9 Å². The first-order valence-electron chi connectivity index (χ1n) is 7.29. The summed E-state index contributed by atoms with van der Waals surface area (Å²) in [4.78, 5) is 11.9. The normalized spacial score (nSPS) is 11.0. The first-order valence-corrected chi connectivity index (χ1v) is 7.29. The minimum atomic E-state index is 0.00152. The molecule has 1 aromatic heterocycles. The highest BCUT2D eigenvalue weighted by atomic mass is 16.5. The quantitative estimate of drug-likeness (QED) is 0.724. The number of methoxy groups -OCH3 is 1. The number of aromatic nitrogens is 1. The van der Waals surface area contributed by atoms with Crippen molar-refractivity contribution in [2.45, 2.75) is 20.0 Å². The molecule has 21 heavy (non-hydrogen) atoms. The van der Waals surface area contributed by atoms with Gasteiger partial charge < -0.3 is 19.9 Å². The van der Waals surface area contributed by atoms with Crippen molar-refractivity contribution in [3.8, 4) is 0 Å². The van der Waals surface area contributed by atoms with Gasteiger partial charge in [0.15, 0.2) is 0 Å². The molecule has 0 aliphatic heterocycles. The molecule has 5 nitrogen and oxygen atoms in total. The van der Waals surface area contributed by atoms with Gasteiger partial charge in [-0.1, -0.05) is 19.1 Å². The molecule has 1 aromatic carbocycles. The molecule has 114 valence electrons. The standard InChI is InChI=1S/C16H23N3O2/c1-3-17-11-13-5-4-6-15-14(13)7-9-19(15)12-16(20)18-8-10-21-2/h4-7,9,17H,3,8,10-12H2,1-2H3,(H,18,20). The molecule has 0 fully saturated rings. The summed E-state index contributed by atoms with van der Waals surface area (Å²) in [5, 5.41) is 7.37. The molecule has 2 rings (SSSR count). The Morgan fingerprint density at radius 2 is 2.19 bits per heavy atom. The molecule has 0 saturated carbocycles. The van der Waals surface area contributed by atoms with Crippen molar-refractivity contribution < 1.29 is 9.53 Å². The van der Waals surface area contributed by atoms with Gasteiger partial charge in [0.25, 0.3) is 0 Å². The third kappa shape index (κ3) is 4.06. The Hall–Kier alpha value is -1.85. The highest BCUT2D eigenvalue weighted by molar-refractivity contribution is 5.85. The fourth-order valence-electron chi connectivity index (χ4n) is 2.34. The van der Waals surface area contributed by atoms with Crippen LogP contribution in [0.5, 0.6) is 0 Å². The Balaban J connectivity index is 2.09. The van der Waals surface area contributed by atoms with Crippen LogP contribution in [0.1, 0.15) is 12.5 Å². The topological polar surface area (TPSA) is 55.3 Å². The number of nitrogens with zero attached hydrogens (tertiary/aromatic N) is 1.